The van der Waals surface area contributed by atoms with E-state index in [1.165, 1.54) is 41.6 Å². The number of hydrogen-bond donors (Lipinski definition) is 0. The van der Waals surface area contributed by atoms with Gasteiger partial charge in [0.05, 0.1) is 18.8 Å². The first-order valence-corrected chi connectivity index (χ1v) is 10.7. The van der Waals surface area contributed by atoms with Crippen molar-refractivity contribution in [2.75, 3.05) is 19.8 Å². The van der Waals surface area contributed by atoms with Gasteiger partial charge >= 0.3 is 0 Å². The molecule has 150 valence electrons. The molecule has 0 unspecified atom stereocenters. The van der Waals surface area contributed by atoms with Crippen molar-refractivity contribution in [2.45, 2.75) is 51.0 Å². The number of nitrogens with zero attached hydrogens (tertiary/aromatic N) is 4. The summed E-state index contributed by atoms with van der Waals surface area (Å²) in [6, 6.07) is 10.6. The highest BCUT2D eigenvalue weighted by atomic mass is 16.5. The number of fused-ring (bicyclic) bond motifs is 1. The molecular formula is C23H26N4O2. The lowest BCUT2D eigenvalue weighted by molar-refractivity contribution is 0.0236. The van der Waals surface area contributed by atoms with Crippen LogP contribution in [0.4, 0.5) is 0 Å². The molecule has 2 aromatic rings. The summed E-state index contributed by atoms with van der Waals surface area (Å²) in [7, 11) is 0. The first-order valence-electron chi connectivity index (χ1n) is 10.7. The number of aryl methyl sites for hydroxylation is 1. The second kappa shape index (κ2) is 8.41. The van der Waals surface area contributed by atoms with Crippen molar-refractivity contribution in [2.24, 2.45) is 15.4 Å². The van der Waals surface area contributed by atoms with Gasteiger partial charge in [-0.3, -0.25) is 0 Å². The van der Waals surface area contributed by atoms with E-state index in [1.54, 1.807) is 0 Å². The van der Waals surface area contributed by atoms with Crippen LogP contribution in [0.1, 0.15) is 48.9 Å². The minimum absolute atomic E-state index is 0.123. The Morgan fingerprint density at radius 3 is 2.55 bits per heavy atom. The Bertz CT molecular complexity index is 934. The Labute approximate surface area is 171 Å². The topological polar surface area (TPSA) is 68.4 Å². The number of benzene rings is 1. The molecule has 0 spiro atoms. The molecule has 1 aliphatic carbocycles. The van der Waals surface area contributed by atoms with E-state index in [2.05, 4.69) is 45.8 Å². The molecule has 0 radical (unpaired) electrons. The molecule has 1 saturated heterocycles. The van der Waals surface area contributed by atoms with Crippen molar-refractivity contribution >= 4 is 5.71 Å². The van der Waals surface area contributed by atoms with Crippen molar-refractivity contribution in [3.63, 3.8) is 0 Å². The van der Waals surface area contributed by atoms with Crippen LogP contribution in [0.15, 0.2) is 45.8 Å². The van der Waals surface area contributed by atoms with Gasteiger partial charge in [-0.05, 0) is 42.0 Å². The van der Waals surface area contributed by atoms with Gasteiger partial charge in [-0.15, -0.1) is 5.10 Å². The van der Waals surface area contributed by atoms with E-state index in [9.17, 15) is 0 Å². The fraction of sp³-hybridized carbons (Fsp3) is 0.478. The zero-order valence-electron chi connectivity index (χ0n) is 16.6. The maximum absolute atomic E-state index is 6.51. The summed E-state index contributed by atoms with van der Waals surface area (Å²) in [6.45, 7) is 1.95. The molecule has 3 aliphatic rings. The van der Waals surface area contributed by atoms with Crippen molar-refractivity contribution < 1.29 is 9.47 Å². The Hall–Kier alpha value is -2.60. The molecule has 6 nitrogen and oxygen atoms in total. The van der Waals surface area contributed by atoms with Gasteiger partial charge in [0.2, 0.25) is 5.88 Å². The fourth-order valence-electron chi connectivity index (χ4n) is 4.47. The number of aromatic nitrogens is 1. The quantitative estimate of drug-likeness (QED) is 0.708. The Morgan fingerprint density at radius 2 is 1.76 bits per heavy atom. The zero-order valence-corrected chi connectivity index (χ0v) is 16.6. The number of rotatable bonds is 4. The summed E-state index contributed by atoms with van der Waals surface area (Å²) in [6.07, 6.45) is 7.55. The first-order chi connectivity index (χ1) is 14.4. The summed E-state index contributed by atoms with van der Waals surface area (Å²) in [5.41, 5.74) is 6.76. The maximum Gasteiger partial charge on any atom is 0.223 e. The van der Waals surface area contributed by atoms with Crippen LogP contribution in [0.25, 0.3) is 11.1 Å². The standard InChI is InChI=1S/C23H26N4O2/c1-3-7-16(8-4-1)21-18-9-5-2-6-10-19(18)25-23(22(21)20-15-24-27-26-20)29-17-11-13-28-14-12-17/h1,3-4,7-8,17H,2,5-6,9-15H2. The van der Waals surface area contributed by atoms with Gasteiger partial charge in [0.1, 0.15) is 18.4 Å². The molecule has 1 aromatic carbocycles. The minimum Gasteiger partial charge on any atom is -0.474 e. The van der Waals surface area contributed by atoms with Gasteiger partial charge in [-0.25, -0.2) is 4.98 Å². The summed E-state index contributed by atoms with van der Waals surface area (Å²) >= 11 is 0. The molecule has 0 bridgehead atoms. The molecule has 6 heteroatoms. The van der Waals surface area contributed by atoms with E-state index in [1.807, 2.05) is 0 Å². The summed E-state index contributed by atoms with van der Waals surface area (Å²) in [4.78, 5) is 5.07. The highest BCUT2D eigenvalue weighted by Gasteiger charge is 2.28. The highest BCUT2D eigenvalue weighted by Crippen LogP contribution is 2.39. The zero-order chi connectivity index (χ0) is 19.5. The second-order valence-electron chi connectivity index (χ2n) is 7.88. The second-order valence-corrected chi connectivity index (χ2v) is 7.88. The average molecular weight is 390 g/mol. The van der Waals surface area contributed by atoms with Gasteiger partial charge in [0.15, 0.2) is 0 Å². The van der Waals surface area contributed by atoms with E-state index in [-0.39, 0.29) is 6.10 Å². The van der Waals surface area contributed by atoms with Crippen LogP contribution in [0.2, 0.25) is 0 Å². The minimum atomic E-state index is 0.123. The van der Waals surface area contributed by atoms with Gasteiger partial charge in [-0.2, -0.15) is 5.11 Å². The average Bonchev–Trinajstić information content (AvgIpc) is 3.20. The summed E-state index contributed by atoms with van der Waals surface area (Å²) < 4.78 is 12.0. The number of ether oxygens (including phenoxy) is 2. The van der Waals surface area contributed by atoms with Gasteiger partial charge < -0.3 is 9.47 Å². The maximum atomic E-state index is 6.51. The Kier molecular flexibility index (Phi) is 5.35. The molecule has 5 rings (SSSR count). The van der Waals surface area contributed by atoms with Crippen LogP contribution in [0.3, 0.4) is 0 Å². The SMILES string of the molecule is c1ccc(-c2c3c(nc(OC4CCOCC4)c2C2=NN=NC2)CCCCC3)cc1. The van der Waals surface area contributed by atoms with Crippen LogP contribution in [0.5, 0.6) is 5.88 Å². The third-order valence-electron chi connectivity index (χ3n) is 5.94. The van der Waals surface area contributed by atoms with E-state index in [0.29, 0.717) is 12.4 Å². The van der Waals surface area contributed by atoms with Crippen molar-refractivity contribution in [1.82, 2.24) is 4.98 Å². The van der Waals surface area contributed by atoms with Crippen LogP contribution in [-0.4, -0.2) is 36.6 Å². The van der Waals surface area contributed by atoms with Crippen molar-refractivity contribution in [3.8, 4) is 17.0 Å². The van der Waals surface area contributed by atoms with Gasteiger partial charge in [0.25, 0.3) is 0 Å². The lowest BCUT2D eigenvalue weighted by Gasteiger charge is -2.26. The summed E-state index contributed by atoms with van der Waals surface area (Å²) in [5.74, 6) is 0.697. The van der Waals surface area contributed by atoms with E-state index in [4.69, 9.17) is 14.5 Å². The Balaban J connectivity index is 1.70. The molecule has 0 N–H and O–H groups in total. The molecule has 1 fully saturated rings. The third kappa shape index (κ3) is 3.81. The van der Waals surface area contributed by atoms with Crippen LogP contribution >= 0.6 is 0 Å². The summed E-state index contributed by atoms with van der Waals surface area (Å²) in [5, 5.41) is 12.4. The predicted molar refractivity (Wildman–Crippen MR) is 112 cm³/mol. The largest absolute Gasteiger partial charge is 0.474 e. The molecule has 0 amide bonds. The monoisotopic (exact) mass is 390 g/mol. The van der Waals surface area contributed by atoms with Gasteiger partial charge in [-0.1, -0.05) is 36.8 Å². The van der Waals surface area contributed by atoms with E-state index < -0.39 is 0 Å². The van der Waals surface area contributed by atoms with Gasteiger partial charge in [0, 0.05) is 24.1 Å². The third-order valence-corrected chi connectivity index (χ3v) is 5.94. The molecule has 29 heavy (non-hydrogen) atoms. The normalized spacial score (nSPS) is 19.5. The fourth-order valence-corrected chi connectivity index (χ4v) is 4.47. The molecule has 0 atom stereocenters. The lowest BCUT2D eigenvalue weighted by Crippen LogP contribution is -2.27. The Morgan fingerprint density at radius 1 is 0.931 bits per heavy atom. The van der Waals surface area contributed by atoms with Crippen molar-refractivity contribution in [3.05, 3.63) is 47.2 Å². The molecule has 1 aromatic heterocycles. The van der Waals surface area contributed by atoms with E-state index >= 15 is 0 Å². The molecular weight excluding hydrogens is 364 g/mol. The smallest absolute Gasteiger partial charge is 0.223 e. The number of pyridine rings is 1. The molecule has 0 saturated carbocycles. The van der Waals surface area contributed by atoms with Crippen LogP contribution in [0, 0.1) is 0 Å². The number of hydrogen-bond acceptors (Lipinski definition) is 6. The van der Waals surface area contributed by atoms with Crippen LogP contribution < -0.4 is 4.74 Å². The predicted octanol–water partition coefficient (Wildman–Crippen LogP) is 4.75. The first kappa shape index (κ1) is 18.4. The lowest BCUT2D eigenvalue weighted by atomic mass is 9.89. The molecule has 3 heterocycles. The van der Waals surface area contributed by atoms with E-state index in [0.717, 1.165) is 50.2 Å². The van der Waals surface area contributed by atoms with Crippen LogP contribution in [-0.2, 0) is 17.6 Å². The van der Waals surface area contributed by atoms with Crippen molar-refractivity contribution in [1.29, 1.82) is 0 Å². The molecule has 2 aliphatic heterocycles. The highest BCUT2D eigenvalue weighted by molar-refractivity contribution is 6.10.